The van der Waals surface area contributed by atoms with Crippen LogP contribution in [0.2, 0.25) is 0 Å². The third-order valence-electron chi connectivity index (χ3n) is 3.01. The Hall–Kier alpha value is -0.533. The highest BCUT2D eigenvalue weighted by molar-refractivity contribution is 6.62. The number of hydrogen-bond acceptors (Lipinski definition) is 3. The summed E-state index contributed by atoms with van der Waals surface area (Å²) in [6.07, 6.45) is -7.60. The summed E-state index contributed by atoms with van der Waals surface area (Å²) in [4.78, 5) is 0. The van der Waals surface area contributed by atoms with Crippen LogP contribution in [0, 0.1) is 0 Å². The maximum absolute atomic E-state index is 14.3. The minimum atomic E-state index is -6.50. The van der Waals surface area contributed by atoms with Crippen LogP contribution in [0.3, 0.4) is 0 Å². The van der Waals surface area contributed by atoms with Crippen molar-refractivity contribution < 1.29 is 52.8 Å². The first-order valence-electron chi connectivity index (χ1n) is 7.23. The van der Waals surface area contributed by atoms with Gasteiger partial charge >= 0.3 is 33.0 Å². The fourth-order valence-electron chi connectivity index (χ4n) is 1.86. The van der Waals surface area contributed by atoms with E-state index in [0.717, 1.165) is 0 Å². The van der Waals surface area contributed by atoms with Gasteiger partial charge in [0.1, 0.15) is 0 Å². The number of rotatable bonds is 12. The molecular weight excluding hydrogens is 391 g/mol. The summed E-state index contributed by atoms with van der Waals surface area (Å²) >= 11 is 0. The Labute approximate surface area is 139 Å². The average Bonchev–Trinajstić information content (AvgIpc) is 2.46. The Kier molecular flexibility index (Phi) is 8.72. The van der Waals surface area contributed by atoms with E-state index >= 15 is 0 Å². The molecule has 0 aromatic heterocycles. The zero-order chi connectivity index (χ0) is 20.1. The normalized spacial score (nSPS) is 15.7. The predicted octanol–water partition coefficient (Wildman–Crippen LogP) is 4.47. The maximum atomic E-state index is 14.3. The molecule has 0 aromatic rings. The fourth-order valence-corrected chi connectivity index (χ4v) is 4.36. The van der Waals surface area contributed by atoms with Crippen molar-refractivity contribution in [1.29, 1.82) is 0 Å². The summed E-state index contributed by atoms with van der Waals surface area (Å²) in [5.74, 6) is -21.7. The van der Waals surface area contributed by atoms with E-state index in [4.69, 9.17) is 13.3 Å². The first-order chi connectivity index (χ1) is 11.3. The van der Waals surface area contributed by atoms with Gasteiger partial charge in [0, 0.05) is 19.8 Å². The standard InChI is InChI=1S/C12H19F9O3Si/c1-4-22-25(23-5-2,24-6-3)8(13)7-10(16,17)12(20,21)11(18,19)9(14)15/h8-9H,4-7H2,1-3H3. The van der Waals surface area contributed by atoms with Gasteiger partial charge in [-0.3, -0.25) is 0 Å². The van der Waals surface area contributed by atoms with E-state index in [2.05, 4.69) is 0 Å². The van der Waals surface area contributed by atoms with E-state index in [0.29, 0.717) is 0 Å². The minimum Gasteiger partial charge on any atom is -0.372 e. The second-order valence-corrected chi connectivity index (χ2v) is 7.48. The lowest BCUT2D eigenvalue weighted by Gasteiger charge is -2.36. The van der Waals surface area contributed by atoms with Gasteiger partial charge in [-0.15, -0.1) is 0 Å². The molecule has 152 valence electrons. The van der Waals surface area contributed by atoms with Crippen LogP contribution in [-0.4, -0.2) is 58.6 Å². The zero-order valence-electron chi connectivity index (χ0n) is 13.6. The van der Waals surface area contributed by atoms with Crippen molar-refractivity contribution in [1.82, 2.24) is 0 Å². The maximum Gasteiger partial charge on any atom is 0.537 e. The van der Waals surface area contributed by atoms with Gasteiger partial charge in [-0.1, -0.05) is 0 Å². The smallest absolute Gasteiger partial charge is 0.372 e. The molecule has 0 saturated heterocycles. The molecule has 13 heteroatoms. The van der Waals surface area contributed by atoms with Crippen LogP contribution in [0.1, 0.15) is 27.2 Å². The summed E-state index contributed by atoms with van der Waals surface area (Å²) in [7, 11) is -4.59. The Morgan fingerprint density at radius 1 is 0.760 bits per heavy atom. The topological polar surface area (TPSA) is 27.7 Å². The van der Waals surface area contributed by atoms with Gasteiger partial charge in [0.25, 0.3) is 0 Å². The molecule has 0 spiro atoms. The predicted molar refractivity (Wildman–Crippen MR) is 71.0 cm³/mol. The number of halogens is 9. The van der Waals surface area contributed by atoms with Crippen LogP contribution in [0.25, 0.3) is 0 Å². The van der Waals surface area contributed by atoms with E-state index < -0.39 is 45.2 Å². The van der Waals surface area contributed by atoms with Crippen molar-refractivity contribution in [3.63, 3.8) is 0 Å². The zero-order valence-corrected chi connectivity index (χ0v) is 14.6. The lowest BCUT2D eigenvalue weighted by molar-refractivity contribution is -0.341. The molecule has 0 aliphatic carbocycles. The summed E-state index contributed by atoms with van der Waals surface area (Å²) in [6, 6.07) is 0. The van der Waals surface area contributed by atoms with E-state index in [-0.39, 0.29) is 19.8 Å². The van der Waals surface area contributed by atoms with Crippen LogP contribution in [-0.2, 0) is 13.3 Å². The van der Waals surface area contributed by atoms with Crippen molar-refractivity contribution in [3.8, 4) is 0 Å². The Balaban J connectivity index is 5.67. The second-order valence-electron chi connectivity index (χ2n) is 4.78. The van der Waals surface area contributed by atoms with Gasteiger partial charge < -0.3 is 13.3 Å². The average molecular weight is 410 g/mol. The molecule has 0 rings (SSSR count). The summed E-state index contributed by atoms with van der Waals surface area (Å²) < 4.78 is 132. The lowest BCUT2D eigenvalue weighted by Crippen LogP contribution is -2.62. The van der Waals surface area contributed by atoms with Crippen LogP contribution >= 0.6 is 0 Å². The summed E-state index contributed by atoms with van der Waals surface area (Å²) in [5, 5.41) is 0. The lowest BCUT2D eigenvalue weighted by atomic mass is 10.0. The fraction of sp³-hybridized carbons (Fsp3) is 1.00. The van der Waals surface area contributed by atoms with Crippen LogP contribution < -0.4 is 0 Å². The molecule has 0 bridgehead atoms. The van der Waals surface area contributed by atoms with Crippen molar-refractivity contribution in [2.75, 3.05) is 19.8 Å². The van der Waals surface area contributed by atoms with E-state index in [9.17, 15) is 39.5 Å². The third-order valence-corrected chi connectivity index (χ3v) is 6.05. The molecule has 0 aliphatic rings. The van der Waals surface area contributed by atoms with E-state index in [1.165, 1.54) is 20.8 Å². The first kappa shape index (κ1) is 24.5. The van der Waals surface area contributed by atoms with Crippen molar-refractivity contribution >= 4 is 8.80 Å². The molecule has 3 nitrogen and oxygen atoms in total. The number of alkyl halides is 9. The highest BCUT2D eigenvalue weighted by atomic mass is 28.4. The molecule has 0 radical (unpaired) electrons. The second kappa shape index (κ2) is 8.91. The molecule has 0 aliphatic heterocycles. The van der Waals surface area contributed by atoms with Crippen LogP contribution in [0.4, 0.5) is 39.5 Å². The van der Waals surface area contributed by atoms with Crippen molar-refractivity contribution in [2.24, 2.45) is 0 Å². The molecule has 0 saturated carbocycles. The molecule has 0 fully saturated rings. The Morgan fingerprint density at radius 3 is 1.40 bits per heavy atom. The van der Waals surface area contributed by atoms with Crippen LogP contribution in [0.5, 0.6) is 0 Å². The Bertz CT molecular complexity index is 392. The Morgan fingerprint density at radius 2 is 1.12 bits per heavy atom. The molecular formula is C12H19F9O3Si. The quantitative estimate of drug-likeness (QED) is 0.351. The molecule has 0 aromatic carbocycles. The first-order valence-corrected chi connectivity index (χ1v) is 9.03. The number of hydrogen-bond donors (Lipinski definition) is 0. The highest BCUT2D eigenvalue weighted by Gasteiger charge is 2.76. The van der Waals surface area contributed by atoms with Gasteiger partial charge in [0.15, 0.2) is 5.79 Å². The summed E-state index contributed by atoms with van der Waals surface area (Å²) in [6.45, 7) is 3.02. The molecule has 1 unspecified atom stereocenters. The third kappa shape index (κ3) is 5.01. The molecule has 0 amide bonds. The van der Waals surface area contributed by atoms with Gasteiger partial charge in [-0.25, -0.2) is 13.2 Å². The van der Waals surface area contributed by atoms with Crippen LogP contribution in [0.15, 0.2) is 0 Å². The molecule has 0 heterocycles. The van der Waals surface area contributed by atoms with Gasteiger partial charge in [-0.2, -0.15) is 26.3 Å². The highest BCUT2D eigenvalue weighted by Crippen LogP contribution is 2.51. The van der Waals surface area contributed by atoms with Gasteiger partial charge in [0.05, 0.1) is 6.42 Å². The van der Waals surface area contributed by atoms with E-state index in [1.54, 1.807) is 0 Å². The minimum absolute atomic E-state index is 0.304. The monoisotopic (exact) mass is 410 g/mol. The largest absolute Gasteiger partial charge is 0.537 e. The van der Waals surface area contributed by atoms with Crippen molar-refractivity contribution in [2.45, 2.75) is 57.2 Å². The SMILES string of the molecule is CCO[Si](OCC)(OCC)C(F)CC(F)(F)C(F)(F)C(F)(F)C(F)F. The molecule has 25 heavy (non-hydrogen) atoms. The van der Waals surface area contributed by atoms with E-state index in [1.807, 2.05) is 0 Å². The van der Waals surface area contributed by atoms with Gasteiger partial charge in [-0.05, 0) is 20.8 Å². The van der Waals surface area contributed by atoms with Crippen molar-refractivity contribution in [3.05, 3.63) is 0 Å². The van der Waals surface area contributed by atoms with Gasteiger partial charge in [0.2, 0.25) is 0 Å². The molecule has 1 atom stereocenters. The molecule has 0 N–H and O–H groups in total. The summed E-state index contributed by atoms with van der Waals surface area (Å²) in [5.41, 5.74) is 0.